The lowest BCUT2D eigenvalue weighted by Gasteiger charge is -2.12. The highest BCUT2D eigenvalue weighted by molar-refractivity contribution is 7.92. The molecule has 28 heavy (non-hydrogen) atoms. The zero-order valence-electron chi connectivity index (χ0n) is 15.4. The summed E-state index contributed by atoms with van der Waals surface area (Å²) in [5.41, 5.74) is 3.38. The number of amides is 1. The number of anilines is 2. The van der Waals surface area contributed by atoms with Gasteiger partial charge in [-0.05, 0) is 74.0 Å². The summed E-state index contributed by atoms with van der Waals surface area (Å²) in [6.07, 6.45) is 0. The van der Waals surface area contributed by atoms with Gasteiger partial charge in [-0.3, -0.25) is 9.52 Å². The summed E-state index contributed by atoms with van der Waals surface area (Å²) < 4.78 is 27.8. The molecule has 0 bridgehead atoms. The Balaban J connectivity index is 1.74. The first kappa shape index (κ1) is 19.9. The van der Waals surface area contributed by atoms with Gasteiger partial charge in [0.1, 0.15) is 0 Å². The second-order valence-electron chi connectivity index (χ2n) is 6.41. The summed E-state index contributed by atoms with van der Waals surface area (Å²) in [7, 11) is -3.73. The quantitative estimate of drug-likeness (QED) is 0.616. The van der Waals surface area contributed by atoms with Crippen molar-refractivity contribution in [2.45, 2.75) is 18.7 Å². The molecule has 7 heteroatoms. The van der Waals surface area contributed by atoms with Crippen molar-refractivity contribution in [1.29, 1.82) is 0 Å². The van der Waals surface area contributed by atoms with E-state index in [1.807, 2.05) is 26.0 Å². The molecule has 2 N–H and O–H groups in total. The Bertz CT molecular complexity index is 1110. The molecular weight excluding hydrogens is 396 g/mol. The minimum atomic E-state index is -3.73. The smallest absolute Gasteiger partial charge is 0.261 e. The lowest BCUT2D eigenvalue weighted by atomic mass is 10.1. The molecule has 0 aliphatic carbocycles. The fourth-order valence-electron chi connectivity index (χ4n) is 2.65. The van der Waals surface area contributed by atoms with Gasteiger partial charge in [-0.25, -0.2) is 8.42 Å². The van der Waals surface area contributed by atoms with E-state index in [0.29, 0.717) is 22.0 Å². The molecule has 5 nitrogen and oxygen atoms in total. The molecule has 0 heterocycles. The van der Waals surface area contributed by atoms with Crippen LogP contribution in [0.2, 0.25) is 5.02 Å². The molecule has 144 valence electrons. The monoisotopic (exact) mass is 414 g/mol. The van der Waals surface area contributed by atoms with E-state index in [1.54, 1.807) is 42.5 Å². The maximum Gasteiger partial charge on any atom is 0.261 e. The van der Waals surface area contributed by atoms with Crippen LogP contribution in [0.5, 0.6) is 0 Å². The molecule has 0 atom stereocenters. The van der Waals surface area contributed by atoms with Crippen molar-refractivity contribution in [2.24, 2.45) is 0 Å². The first-order valence-electron chi connectivity index (χ1n) is 8.52. The van der Waals surface area contributed by atoms with Gasteiger partial charge in [0.25, 0.3) is 15.9 Å². The van der Waals surface area contributed by atoms with Crippen molar-refractivity contribution in [3.05, 3.63) is 88.4 Å². The maximum absolute atomic E-state index is 12.6. The zero-order valence-corrected chi connectivity index (χ0v) is 16.9. The van der Waals surface area contributed by atoms with Gasteiger partial charge in [0.05, 0.1) is 10.6 Å². The molecule has 3 aromatic rings. The first-order chi connectivity index (χ1) is 13.2. The molecule has 0 saturated carbocycles. The number of carbonyl (C=O) groups is 1. The summed E-state index contributed by atoms with van der Waals surface area (Å²) in [5.74, 6) is -0.305. The van der Waals surface area contributed by atoms with Crippen LogP contribution in [0.4, 0.5) is 11.4 Å². The second kappa shape index (κ2) is 8.04. The molecule has 3 aromatic carbocycles. The minimum absolute atomic E-state index is 0.108. The number of benzene rings is 3. The van der Waals surface area contributed by atoms with Crippen LogP contribution in [0.1, 0.15) is 21.5 Å². The van der Waals surface area contributed by atoms with Gasteiger partial charge in [-0.1, -0.05) is 29.3 Å². The fraction of sp³-hybridized carbons (Fsp3) is 0.0952. The fourth-order valence-corrected chi connectivity index (χ4v) is 3.91. The predicted octanol–water partition coefficient (Wildman–Crippen LogP) is 5.01. The van der Waals surface area contributed by atoms with E-state index < -0.39 is 10.0 Å². The van der Waals surface area contributed by atoms with Gasteiger partial charge in [-0.2, -0.15) is 0 Å². The second-order valence-corrected chi connectivity index (χ2v) is 8.53. The van der Waals surface area contributed by atoms with Gasteiger partial charge in [0.15, 0.2) is 0 Å². The number of halogens is 1. The Hall–Kier alpha value is -2.83. The average Bonchev–Trinajstić information content (AvgIpc) is 2.65. The lowest BCUT2D eigenvalue weighted by molar-refractivity contribution is 0.102. The van der Waals surface area contributed by atoms with Gasteiger partial charge < -0.3 is 5.32 Å². The summed E-state index contributed by atoms with van der Waals surface area (Å²) in [4.78, 5) is 12.3. The van der Waals surface area contributed by atoms with E-state index >= 15 is 0 Å². The maximum atomic E-state index is 12.6. The van der Waals surface area contributed by atoms with Crippen LogP contribution in [-0.4, -0.2) is 14.3 Å². The van der Waals surface area contributed by atoms with Crippen LogP contribution in [0.25, 0.3) is 0 Å². The minimum Gasteiger partial charge on any atom is -0.322 e. The summed E-state index contributed by atoms with van der Waals surface area (Å²) in [6.45, 7) is 3.79. The third-order valence-electron chi connectivity index (χ3n) is 4.16. The number of hydrogen-bond donors (Lipinski definition) is 2. The number of sulfonamides is 1. The molecule has 0 spiro atoms. The topological polar surface area (TPSA) is 75.3 Å². The van der Waals surface area contributed by atoms with Gasteiger partial charge >= 0.3 is 0 Å². The normalized spacial score (nSPS) is 11.1. The van der Waals surface area contributed by atoms with Crippen LogP contribution in [0.3, 0.4) is 0 Å². The lowest BCUT2D eigenvalue weighted by Crippen LogP contribution is -2.14. The highest BCUT2D eigenvalue weighted by Crippen LogP contribution is 2.22. The Labute approximate surface area is 169 Å². The molecule has 0 unspecified atom stereocenters. The van der Waals surface area contributed by atoms with Crippen molar-refractivity contribution in [2.75, 3.05) is 10.0 Å². The molecule has 0 saturated heterocycles. The van der Waals surface area contributed by atoms with Crippen LogP contribution in [0, 0.1) is 13.8 Å². The molecule has 0 fully saturated rings. The van der Waals surface area contributed by atoms with Crippen LogP contribution < -0.4 is 10.0 Å². The Morgan fingerprint density at radius 1 is 0.893 bits per heavy atom. The van der Waals surface area contributed by atoms with Gasteiger partial charge in [0.2, 0.25) is 0 Å². The predicted molar refractivity (Wildman–Crippen MR) is 113 cm³/mol. The molecule has 0 aliphatic heterocycles. The Morgan fingerprint density at radius 3 is 2.14 bits per heavy atom. The number of carbonyl (C=O) groups excluding carboxylic acids is 1. The Morgan fingerprint density at radius 2 is 1.54 bits per heavy atom. The number of hydrogen-bond acceptors (Lipinski definition) is 3. The molecular formula is C21H19ClN2O3S. The highest BCUT2D eigenvalue weighted by atomic mass is 35.5. The van der Waals surface area contributed by atoms with Crippen molar-refractivity contribution in [1.82, 2.24) is 0 Å². The number of aryl methyl sites for hydroxylation is 2. The number of rotatable bonds is 5. The molecule has 0 aliphatic rings. The summed E-state index contributed by atoms with van der Waals surface area (Å²) in [5, 5.41) is 3.27. The van der Waals surface area contributed by atoms with Crippen LogP contribution in [-0.2, 0) is 10.0 Å². The molecule has 1 amide bonds. The van der Waals surface area contributed by atoms with Crippen LogP contribution >= 0.6 is 11.6 Å². The van der Waals surface area contributed by atoms with E-state index in [-0.39, 0.29) is 10.8 Å². The van der Waals surface area contributed by atoms with E-state index in [2.05, 4.69) is 10.0 Å². The average molecular weight is 415 g/mol. The first-order valence-corrected chi connectivity index (χ1v) is 10.4. The van der Waals surface area contributed by atoms with E-state index in [1.165, 1.54) is 12.1 Å². The van der Waals surface area contributed by atoms with Crippen molar-refractivity contribution >= 4 is 38.9 Å². The van der Waals surface area contributed by atoms with Crippen molar-refractivity contribution in [3.63, 3.8) is 0 Å². The zero-order chi connectivity index (χ0) is 20.3. The van der Waals surface area contributed by atoms with Gasteiger partial charge in [-0.15, -0.1) is 0 Å². The van der Waals surface area contributed by atoms with E-state index in [0.717, 1.165) is 11.1 Å². The van der Waals surface area contributed by atoms with Gasteiger partial charge in [0, 0.05) is 16.3 Å². The highest BCUT2D eigenvalue weighted by Gasteiger charge is 2.15. The van der Waals surface area contributed by atoms with E-state index in [4.69, 9.17) is 11.6 Å². The van der Waals surface area contributed by atoms with Crippen molar-refractivity contribution < 1.29 is 13.2 Å². The SMILES string of the molecule is Cc1ccc(NS(=O)(=O)c2ccc(NC(=O)c3ccc(Cl)cc3)cc2)c(C)c1. The largest absolute Gasteiger partial charge is 0.322 e. The standard InChI is InChI=1S/C21H19ClN2O3S/c1-14-3-12-20(15(2)13-14)24-28(26,27)19-10-8-18(9-11-19)23-21(25)16-4-6-17(22)7-5-16/h3-13,24H,1-2H3,(H,23,25). The third-order valence-corrected chi connectivity index (χ3v) is 5.79. The van der Waals surface area contributed by atoms with E-state index in [9.17, 15) is 13.2 Å². The summed E-state index contributed by atoms with van der Waals surface area (Å²) >= 11 is 5.82. The Kier molecular flexibility index (Phi) is 5.72. The van der Waals surface area contributed by atoms with Crippen molar-refractivity contribution in [3.8, 4) is 0 Å². The molecule has 3 rings (SSSR count). The molecule has 0 aromatic heterocycles. The number of nitrogens with one attached hydrogen (secondary N) is 2. The summed E-state index contributed by atoms with van der Waals surface area (Å²) in [6, 6.07) is 18.0. The third kappa shape index (κ3) is 4.71. The molecule has 0 radical (unpaired) electrons. The van der Waals surface area contributed by atoms with Crippen LogP contribution in [0.15, 0.2) is 71.6 Å².